The molecule has 5 heteroatoms. The highest BCUT2D eigenvalue weighted by molar-refractivity contribution is 7.80. The number of benzene rings is 1. The molecule has 2 rings (SSSR count). The molecule has 0 aromatic heterocycles. The Hall–Kier alpha value is -1.13. The Morgan fingerprint density at radius 3 is 2.72 bits per heavy atom. The smallest absolute Gasteiger partial charge is 0.253 e. The maximum atomic E-state index is 12.1. The van der Waals surface area contributed by atoms with E-state index in [1.165, 1.54) is 0 Å². The minimum atomic E-state index is -0.218. The third-order valence-corrected chi connectivity index (χ3v) is 3.62. The zero-order valence-corrected chi connectivity index (χ0v) is 11.6. The molecule has 1 unspecified atom stereocenters. The van der Waals surface area contributed by atoms with Crippen molar-refractivity contribution in [3.8, 4) is 0 Å². The van der Waals surface area contributed by atoms with E-state index >= 15 is 0 Å². The van der Waals surface area contributed by atoms with E-state index in [2.05, 4.69) is 5.32 Å². The number of nitrogens with one attached hydrogen (secondary N) is 1. The zero-order chi connectivity index (χ0) is 13.3. The van der Waals surface area contributed by atoms with Crippen LogP contribution >= 0.6 is 23.8 Å². The van der Waals surface area contributed by atoms with Crippen LogP contribution in [0.1, 0.15) is 28.8 Å². The van der Waals surface area contributed by atoms with Crippen molar-refractivity contribution >= 4 is 34.7 Å². The molecule has 3 nitrogen and oxygen atoms in total. The zero-order valence-electron chi connectivity index (χ0n) is 10.1. The summed E-state index contributed by atoms with van der Waals surface area (Å²) in [5.74, 6) is 0.167. The predicted molar refractivity (Wildman–Crippen MR) is 77.0 cm³/mol. The van der Waals surface area contributed by atoms with E-state index < -0.39 is 0 Å². The summed E-state index contributed by atoms with van der Waals surface area (Å²) in [6.07, 6.45) is 2.12. The molecule has 1 fully saturated rings. The molecule has 0 aliphatic heterocycles. The third-order valence-electron chi connectivity index (χ3n) is 3.06. The van der Waals surface area contributed by atoms with Gasteiger partial charge in [-0.1, -0.05) is 29.9 Å². The quantitative estimate of drug-likeness (QED) is 0.834. The van der Waals surface area contributed by atoms with Gasteiger partial charge in [0.05, 0.1) is 21.6 Å². The van der Waals surface area contributed by atoms with Gasteiger partial charge in [0.1, 0.15) is 0 Å². The predicted octanol–water partition coefficient (Wildman–Crippen LogP) is 2.44. The molecular formula is C13H15ClN2OS. The lowest BCUT2D eigenvalue weighted by molar-refractivity contribution is 0.0944. The molecule has 1 aliphatic carbocycles. The van der Waals surface area contributed by atoms with Crippen LogP contribution < -0.4 is 11.1 Å². The number of hydrogen-bond acceptors (Lipinski definition) is 2. The summed E-state index contributed by atoms with van der Waals surface area (Å²) in [4.78, 5) is 12.5. The summed E-state index contributed by atoms with van der Waals surface area (Å²) in [5, 5.41) is 3.31. The minimum Gasteiger partial charge on any atom is -0.392 e. The first-order valence-corrected chi connectivity index (χ1v) is 6.64. The molecule has 96 valence electrons. The summed E-state index contributed by atoms with van der Waals surface area (Å²) in [5.41, 5.74) is 7.13. The van der Waals surface area contributed by atoms with Crippen molar-refractivity contribution < 1.29 is 4.79 Å². The van der Waals surface area contributed by atoms with Crippen LogP contribution in [-0.4, -0.2) is 16.9 Å². The molecule has 1 saturated carbocycles. The number of carbonyl (C=O) groups is 1. The van der Waals surface area contributed by atoms with Crippen molar-refractivity contribution in [2.24, 2.45) is 11.7 Å². The number of carbonyl (C=O) groups excluding carboxylic acids is 1. The van der Waals surface area contributed by atoms with Crippen LogP contribution in [0.15, 0.2) is 18.2 Å². The molecule has 1 atom stereocenters. The van der Waals surface area contributed by atoms with Gasteiger partial charge in [0.25, 0.3) is 5.91 Å². The summed E-state index contributed by atoms with van der Waals surface area (Å²) in [6.45, 7) is 1.93. The first-order valence-electron chi connectivity index (χ1n) is 5.85. The monoisotopic (exact) mass is 282 g/mol. The van der Waals surface area contributed by atoms with E-state index in [1.54, 1.807) is 12.1 Å². The molecule has 0 spiro atoms. The number of nitrogens with two attached hydrogens (primary N) is 1. The summed E-state index contributed by atoms with van der Waals surface area (Å²) in [7, 11) is 0. The van der Waals surface area contributed by atoms with Crippen molar-refractivity contribution in [2.75, 3.05) is 0 Å². The minimum absolute atomic E-state index is 0.218. The van der Waals surface area contributed by atoms with E-state index in [1.807, 2.05) is 13.0 Å². The fraction of sp³-hybridized carbons (Fsp3) is 0.385. The normalized spacial score (nSPS) is 16.1. The van der Waals surface area contributed by atoms with Crippen molar-refractivity contribution in [3.63, 3.8) is 0 Å². The third kappa shape index (κ3) is 3.00. The standard InChI is InChI=1S/C13H15ClN2OS/c1-7-2-5-9(10(14)6-7)13(17)16-11(12(15)18)8-3-4-8/h2,5-6,8,11H,3-4H2,1H3,(H2,15,18)(H,16,17). The van der Waals surface area contributed by atoms with Gasteiger partial charge in [0.15, 0.2) is 0 Å². The lowest BCUT2D eigenvalue weighted by atomic mass is 10.1. The Bertz CT molecular complexity index is 500. The highest BCUT2D eigenvalue weighted by atomic mass is 35.5. The van der Waals surface area contributed by atoms with Crippen LogP contribution in [0.2, 0.25) is 5.02 Å². The fourth-order valence-corrected chi connectivity index (χ4v) is 2.45. The van der Waals surface area contributed by atoms with Gasteiger partial charge in [0, 0.05) is 0 Å². The lowest BCUT2D eigenvalue weighted by Gasteiger charge is -2.17. The number of aryl methyl sites for hydroxylation is 1. The SMILES string of the molecule is Cc1ccc(C(=O)NC(C(N)=S)C2CC2)c(Cl)c1. The number of thiocarbonyl (C=S) groups is 1. The van der Waals surface area contributed by atoms with E-state index in [9.17, 15) is 4.79 Å². The highest BCUT2D eigenvalue weighted by Gasteiger charge is 2.34. The Morgan fingerprint density at radius 2 is 2.22 bits per heavy atom. The van der Waals surface area contributed by atoms with Gasteiger partial charge in [-0.25, -0.2) is 0 Å². The van der Waals surface area contributed by atoms with Crippen molar-refractivity contribution in [3.05, 3.63) is 34.3 Å². The molecule has 3 N–H and O–H groups in total. The van der Waals surface area contributed by atoms with Gasteiger partial charge < -0.3 is 11.1 Å². The van der Waals surface area contributed by atoms with Crippen LogP contribution in [0.3, 0.4) is 0 Å². The Balaban J connectivity index is 2.13. The Labute approximate surface area is 117 Å². The molecule has 1 amide bonds. The lowest BCUT2D eigenvalue weighted by Crippen LogP contribution is -2.45. The van der Waals surface area contributed by atoms with E-state index in [4.69, 9.17) is 29.6 Å². The first-order chi connectivity index (χ1) is 8.49. The molecule has 0 bridgehead atoms. The van der Waals surface area contributed by atoms with Crippen molar-refractivity contribution in [1.82, 2.24) is 5.32 Å². The molecular weight excluding hydrogens is 268 g/mol. The average Bonchev–Trinajstić information content (AvgIpc) is 3.08. The second-order valence-electron chi connectivity index (χ2n) is 4.67. The van der Waals surface area contributed by atoms with Crippen LogP contribution in [0, 0.1) is 12.8 Å². The average molecular weight is 283 g/mol. The summed E-state index contributed by atoms with van der Waals surface area (Å²) < 4.78 is 0. The Morgan fingerprint density at radius 1 is 1.56 bits per heavy atom. The number of halogens is 1. The van der Waals surface area contributed by atoms with Gasteiger partial charge in [0.2, 0.25) is 0 Å². The highest BCUT2D eigenvalue weighted by Crippen LogP contribution is 2.33. The molecule has 1 aromatic rings. The molecule has 0 saturated heterocycles. The van der Waals surface area contributed by atoms with E-state index in [0.717, 1.165) is 18.4 Å². The molecule has 18 heavy (non-hydrogen) atoms. The van der Waals surface area contributed by atoms with Crippen molar-refractivity contribution in [2.45, 2.75) is 25.8 Å². The van der Waals surface area contributed by atoms with Crippen LogP contribution in [0.25, 0.3) is 0 Å². The summed E-state index contributed by atoms with van der Waals surface area (Å²) >= 11 is 11.0. The molecule has 0 heterocycles. The van der Waals surface area contributed by atoms with Crippen LogP contribution in [0.4, 0.5) is 0 Å². The summed E-state index contributed by atoms with van der Waals surface area (Å²) in [6, 6.07) is 5.12. The largest absolute Gasteiger partial charge is 0.392 e. The fourth-order valence-electron chi connectivity index (χ4n) is 1.87. The number of rotatable bonds is 4. The van der Waals surface area contributed by atoms with E-state index in [0.29, 0.717) is 21.5 Å². The number of hydrogen-bond donors (Lipinski definition) is 2. The van der Waals surface area contributed by atoms with Crippen LogP contribution in [-0.2, 0) is 0 Å². The van der Waals surface area contributed by atoms with Gasteiger partial charge >= 0.3 is 0 Å². The first kappa shape index (κ1) is 13.3. The second-order valence-corrected chi connectivity index (χ2v) is 5.55. The molecule has 0 radical (unpaired) electrons. The van der Waals surface area contributed by atoms with Gasteiger partial charge in [-0.2, -0.15) is 0 Å². The van der Waals surface area contributed by atoms with Crippen LogP contribution in [0.5, 0.6) is 0 Å². The number of amides is 1. The topological polar surface area (TPSA) is 55.1 Å². The van der Waals surface area contributed by atoms with E-state index in [-0.39, 0.29) is 11.9 Å². The van der Waals surface area contributed by atoms with Gasteiger partial charge in [-0.15, -0.1) is 0 Å². The van der Waals surface area contributed by atoms with Crippen molar-refractivity contribution in [1.29, 1.82) is 0 Å². The maximum absolute atomic E-state index is 12.1. The van der Waals surface area contributed by atoms with Gasteiger partial charge in [-0.3, -0.25) is 4.79 Å². The van der Waals surface area contributed by atoms with Gasteiger partial charge in [-0.05, 0) is 43.4 Å². The molecule has 1 aromatic carbocycles. The molecule has 1 aliphatic rings. The maximum Gasteiger partial charge on any atom is 0.253 e. The second kappa shape index (κ2) is 5.24. The Kier molecular flexibility index (Phi) is 3.88.